The maximum atomic E-state index is 12.5. The van der Waals surface area contributed by atoms with E-state index in [0.29, 0.717) is 25.9 Å². The van der Waals surface area contributed by atoms with Crippen LogP contribution in [0.25, 0.3) is 0 Å². The van der Waals surface area contributed by atoms with Gasteiger partial charge in [0.05, 0.1) is 17.5 Å². The van der Waals surface area contributed by atoms with E-state index in [9.17, 15) is 13.2 Å². The zero-order valence-electron chi connectivity index (χ0n) is 13.6. The number of likely N-dealkylation sites (tertiary alicyclic amines) is 1. The Morgan fingerprint density at radius 2 is 2.00 bits per heavy atom. The molecule has 3 rings (SSSR count). The molecule has 1 amide bonds. The first-order valence-electron chi connectivity index (χ1n) is 8.46. The highest BCUT2D eigenvalue weighted by atomic mass is 32.2. The first-order valence-corrected chi connectivity index (χ1v) is 10.2. The fraction of sp³-hybridized carbons (Fsp3) is 0.750. The molecule has 2 aliphatic rings. The molecule has 6 nitrogen and oxygen atoms in total. The number of sulfone groups is 1. The fourth-order valence-electron chi connectivity index (χ4n) is 3.66. The molecule has 1 atom stereocenters. The van der Waals surface area contributed by atoms with E-state index >= 15 is 0 Å². The summed E-state index contributed by atoms with van der Waals surface area (Å²) in [5.74, 6) is -0.576. The van der Waals surface area contributed by atoms with Gasteiger partial charge in [-0.2, -0.15) is 5.10 Å². The first kappa shape index (κ1) is 16.5. The van der Waals surface area contributed by atoms with Crippen molar-refractivity contribution < 1.29 is 13.2 Å². The topological polar surface area (TPSA) is 72.3 Å². The molecule has 7 heteroatoms. The van der Waals surface area contributed by atoms with E-state index in [4.69, 9.17) is 0 Å². The summed E-state index contributed by atoms with van der Waals surface area (Å²) in [6.45, 7) is 3.19. The van der Waals surface area contributed by atoms with E-state index in [0.717, 1.165) is 31.2 Å². The van der Waals surface area contributed by atoms with Crippen molar-refractivity contribution in [3.05, 3.63) is 18.0 Å². The predicted octanol–water partition coefficient (Wildman–Crippen LogP) is 1.71. The highest BCUT2D eigenvalue weighted by Crippen LogP contribution is 2.26. The lowest BCUT2D eigenvalue weighted by Crippen LogP contribution is -2.44. The molecule has 0 spiro atoms. The van der Waals surface area contributed by atoms with Gasteiger partial charge in [-0.05, 0) is 38.2 Å². The lowest BCUT2D eigenvalue weighted by atomic mass is 10.1. The van der Waals surface area contributed by atoms with Crippen molar-refractivity contribution in [2.45, 2.75) is 56.7 Å². The van der Waals surface area contributed by atoms with Crippen LogP contribution in [0, 0.1) is 6.92 Å². The van der Waals surface area contributed by atoms with E-state index in [1.54, 1.807) is 4.90 Å². The molecular formula is C16H25N3O3S. The van der Waals surface area contributed by atoms with E-state index in [1.165, 1.54) is 0 Å². The van der Waals surface area contributed by atoms with Gasteiger partial charge < -0.3 is 4.90 Å². The van der Waals surface area contributed by atoms with Crippen LogP contribution in [0.2, 0.25) is 0 Å². The summed E-state index contributed by atoms with van der Waals surface area (Å²) in [5, 5.41) is 4.03. The van der Waals surface area contributed by atoms with Gasteiger partial charge >= 0.3 is 0 Å². The highest BCUT2D eigenvalue weighted by Gasteiger charge is 2.33. The van der Waals surface area contributed by atoms with Gasteiger partial charge in [0.1, 0.15) is 5.75 Å². The smallest absolute Gasteiger partial charge is 0.237 e. The van der Waals surface area contributed by atoms with Crippen molar-refractivity contribution in [3.8, 4) is 0 Å². The molecule has 128 valence electrons. The van der Waals surface area contributed by atoms with Crippen LogP contribution in [0.3, 0.4) is 0 Å². The van der Waals surface area contributed by atoms with Crippen LogP contribution in [0.5, 0.6) is 0 Å². The SMILES string of the molecule is Cc1cnn(C2CCCN(C(=O)CS(=O)(=O)C3CCCC3)C2)c1. The summed E-state index contributed by atoms with van der Waals surface area (Å²) in [5.41, 5.74) is 1.09. The molecule has 0 bridgehead atoms. The van der Waals surface area contributed by atoms with Crippen LogP contribution in [-0.4, -0.2) is 53.1 Å². The van der Waals surface area contributed by atoms with Gasteiger partial charge in [-0.1, -0.05) is 12.8 Å². The van der Waals surface area contributed by atoms with Crippen LogP contribution in [-0.2, 0) is 14.6 Å². The minimum Gasteiger partial charge on any atom is -0.340 e. The molecule has 0 aromatic carbocycles. The van der Waals surface area contributed by atoms with E-state index in [2.05, 4.69) is 5.10 Å². The highest BCUT2D eigenvalue weighted by molar-refractivity contribution is 7.92. The lowest BCUT2D eigenvalue weighted by Gasteiger charge is -2.33. The zero-order valence-corrected chi connectivity index (χ0v) is 14.5. The lowest BCUT2D eigenvalue weighted by molar-refractivity contribution is -0.130. The second-order valence-corrected chi connectivity index (χ2v) is 9.13. The van der Waals surface area contributed by atoms with Crippen molar-refractivity contribution in [3.63, 3.8) is 0 Å². The third-order valence-corrected chi connectivity index (χ3v) is 7.13. The van der Waals surface area contributed by atoms with Crippen LogP contribution in [0.4, 0.5) is 0 Å². The Morgan fingerprint density at radius 3 is 2.65 bits per heavy atom. The molecular weight excluding hydrogens is 314 g/mol. The Bertz CT molecular complexity index is 662. The number of amides is 1. The molecule has 0 radical (unpaired) electrons. The second-order valence-electron chi connectivity index (χ2n) is 6.85. The number of hydrogen-bond donors (Lipinski definition) is 0. The third-order valence-electron chi connectivity index (χ3n) is 4.99. The van der Waals surface area contributed by atoms with Gasteiger partial charge in [-0.25, -0.2) is 8.42 Å². The molecule has 0 N–H and O–H groups in total. The predicted molar refractivity (Wildman–Crippen MR) is 87.9 cm³/mol. The maximum Gasteiger partial charge on any atom is 0.237 e. The molecule has 2 fully saturated rings. The Hall–Kier alpha value is -1.37. The summed E-state index contributed by atoms with van der Waals surface area (Å²) in [7, 11) is -3.30. The Kier molecular flexibility index (Phi) is 4.75. The minimum absolute atomic E-state index is 0.149. The van der Waals surface area contributed by atoms with Crippen LogP contribution in [0.1, 0.15) is 50.1 Å². The number of aryl methyl sites for hydroxylation is 1. The number of nitrogens with zero attached hydrogens (tertiary/aromatic N) is 3. The summed E-state index contributed by atoms with van der Waals surface area (Å²) < 4.78 is 26.7. The number of hydrogen-bond acceptors (Lipinski definition) is 4. The van der Waals surface area contributed by atoms with Gasteiger partial charge in [0.15, 0.2) is 9.84 Å². The normalized spacial score (nSPS) is 23.3. The summed E-state index contributed by atoms with van der Waals surface area (Å²) in [6, 6.07) is 0.149. The van der Waals surface area contributed by atoms with E-state index in [-0.39, 0.29) is 23.0 Å². The summed E-state index contributed by atoms with van der Waals surface area (Å²) >= 11 is 0. The molecule has 1 unspecified atom stereocenters. The van der Waals surface area contributed by atoms with Crippen LogP contribution in [0.15, 0.2) is 12.4 Å². The average molecular weight is 339 g/mol. The van der Waals surface area contributed by atoms with Gasteiger partial charge in [0.25, 0.3) is 0 Å². The maximum absolute atomic E-state index is 12.5. The number of aromatic nitrogens is 2. The van der Waals surface area contributed by atoms with Crippen molar-refractivity contribution in [2.24, 2.45) is 0 Å². The Balaban J connectivity index is 1.63. The number of piperidine rings is 1. The average Bonchev–Trinajstić information content (AvgIpc) is 3.18. The standard InChI is InChI=1S/C16H25N3O3S/c1-13-9-17-19(10-13)14-5-4-8-18(11-14)16(20)12-23(21,22)15-6-2-3-7-15/h9-10,14-15H,2-8,11-12H2,1H3. The summed E-state index contributed by atoms with van der Waals surface area (Å²) in [6.07, 6.45) is 9.00. The molecule has 1 aliphatic carbocycles. The molecule has 1 saturated heterocycles. The molecule has 2 heterocycles. The van der Waals surface area contributed by atoms with E-state index < -0.39 is 9.84 Å². The number of carbonyl (C=O) groups is 1. The van der Waals surface area contributed by atoms with Crippen molar-refractivity contribution in [1.29, 1.82) is 0 Å². The molecule has 1 aromatic heterocycles. The quantitative estimate of drug-likeness (QED) is 0.837. The van der Waals surface area contributed by atoms with Gasteiger partial charge in [-0.3, -0.25) is 9.48 Å². The zero-order chi connectivity index (χ0) is 16.4. The molecule has 23 heavy (non-hydrogen) atoms. The van der Waals surface area contributed by atoms with Crippen LogP contribution < -0.4 is 0 Å². The Labute approximate surface area is 137 Å². The Morgan fingerprint density at radius 1 is 1.26 bits per heavy atom. The number of carbonyl (C=O) groups excluding carboxylic acids is 1. The van der Waals surface area contributed by atoms with Crippen molar-refractivity contribution in [1.82, 2.24) is 14.7 Å². The van der Waals surface area contributed by atoms with Gasteiger partial charge in [-0.15, -0.1) is 0 Å². The fourth-order valence-corrected chi connectivity index (χ4v) is 5.47. The molecule has 1 saturated carbocycles. The largest absolute Gasteiger partial charge is 0.340 e. The van der Waals surface area contributed by atoms with E-state index in [1.807, 2.05) is 24.0 Å². The summed E-state index contributed by atoms with van der Waals surface area (Å²) in [4.78, 5) is 14.2. The molecule has 1 aromatic rings. The number of rotatable bonds is 4. The van der Waals surface area contributed by atoms with Crippen molar-refractivity contribution in [2.75, 3.05) is 18.8 Å². The van der Waals surface area contributed by atoms with Gasteiger partial charge in [0.2, 0.25) is 5.91 Å². The minimum atomic E-state index is -3.30. The third kappa shape index (κ3) is 3.76. The molecule has 1 aliphatic heterocycles. The monoisotopic (exact) mass is 339 g/mol. The van der Waals surface area contributed by atoms with Crippen molar-refractivity contribution >= 4 is 15.7 Å². The second kappa shape index (κ2) is 6.63. The van der Waals surface area contributed by atoms with Gasteiger partial charge in [0, 0.05) is 19.3 Å². The first-order chi connectivity index (χ1) is 11.0. The van der Waals surface area contributed by atoms with Crippen LogP contribution >= 0.6 is 0 Å².